The van der Waals surface area contributed by atoms with Crippen LogP contribution in [0.5, 0.6) is 11.5 Å². The van der Waals surface area contributed by atoms with Gasteiger partial charge in [0.05, 0.1) is 16.7 Å². The largest absolute Gasteiger partial charge is 0.606 e. The summed E-state index contributed by atoms with van der Waals surface area (Å²) in [7, 11) is 0. The summed E-state index contributed by atoms with van der Waals surface area (Å²) in [6, 6.07) is 21.7. The summed E-state index contributed by atoms with van der Waals surface area (Å²) in [6.07, 6.45) is 0.542. The van der Waals surface area contributed by atoms with Crippen LogP contribution in [-0.4, -0.2) is 32.6 Å². The van der Waals surface area contributed by atoms with Gasteiger partial charge in [0.15, 0.2) is 9.79 Å². The molecule has 9 nitrogen and oxygen atoms in total. The number of aromatic carboxylic acids is 2. The van der Waals surface area contributed by atoms with E-state index in [1.807, 2.05) is 13.8 Å². The first kappa shape index (κ1) is 29.2. The summed E-state index contributed by atoms with van der Waals surface area (Å²) in [6.45, 7) is 3.94. The Morgan fingerprint density at radius 2 is 1.34 bits per heavy atom. The minimum Gasteiger partial charge on any atom is -0.606 e. The van der Waals surface area contributed by atoms with Crippen LogP contribution in [0.2, 0.25) is 0 Å². The second-order valence-corrected chi connectivity index (χ2v) is 11.1. The number of amides is 1. The zero-order chi connectivity index (χ0) is 29.7. The molecule has 1 unspecified atom stereocenters. The predicted octanol–water partition coefficient (Wildman–Crippen LogP) is 6.08. The molecule has 0 radical (unpaired) electrons. The van der Waals surface area contributed by atoms with E-state index in [2.05, 4.69) is 5.32 Å². The molecule has 0 bridgehead atoms. The zero-order valence-corrected chi connectivity index (χ0v) is 23.1. The molecule has 0 aliphatic heterocycles. The molecular formula is C31H28N2O7S. The third kappa shape index (κ3) is 7.24. The molecule has 5 N–H and O–H groups in total. The number of ether oxygens (including phenoxy) is 1. The van der Waals surface area contributed by atoms with Gasteiger partial charge in [-0.1, -0.05) is 19.9 Å². The number of carboxylic acids is 2. The van der Waals surface area contributed by atoms with Crippen molar-refractivity contribution in [3.8, 4) is 11.5 Å². The Morgan fingerprint density at radius 1 is 0.805 bits per heavy atom. The molecule has 0 heterocycles. The SMILES string of the molecule is CC(C)Cc1ccc([S+]([O-])c2ccc(C(=O)O)c(C(=O)Nc3ccc(Oc4ccc(N)cc4)cc3)c2)cc1C(=O)O. The monoisotopic (exact) mass is 572 g/mol. The van der Waals surface area contributed by atoms with Crippen molar-refractivity contribution in [1.82, 2.24) is 0 Å². The minimum absolute atomic E-state index is 0.0495. The third-order valence-electron chi connectivity index (χ3n) is 6.06. The quantitative estimate of drug-likeness (QED) is 0.131. The fraction of sp³-hybridized carbons (Fsp3) is 0.129. The lowest BCUT2D eigenvalue weighted by Gasteiger charge is -2.15. The molecule has 0 saturated carbocycles. The zero-order valence-electron chi connectivity index (χ0n) is 22.3. The van der Waals surface area contributed by atoms with Gasteiger partial charge in [-0.3, -0.25) is 4.79 Å². The Labute approximate surface area is 239 Å². The van der Waals surface area contributed by atoms with Gasteiger partial charge in [0.25, 0.3) is 5.91 Å². The predicted molar refractivity (Wildman–Crippen MR) is 155 cm³/mol. The fourth-order valence-corrected chi connectivity index (χ4v) is 5.22. The molecule has 0 aliphatic carbocycles. The average Bonchev–Trinajstić information content (AvgIpc) is 2.94. The number of anilines is 2. The van der Waals surface area contributed by atoms with E-state index in [1.165, 1.54) is 24.3 Å². The number of benzene rings is 4. The van der Waals surface area contributed by atoms with Crippen molar-refractivity contribution in [2.24, 2.45) is 5.92 Å². The van der Waals surface area contributed by atoms with E-state index in [0.29, 0.717) is 34.9 Å². The van der Waals surface area contributed by atoms with Crippen LogP contribution in [0.4, 0.5) is 11.4 Å². The highest BCUT2D eigenvalue weighted by Crippen LogP contribution is 2.28. The topological polar surface area (TPSA) is 162 Å². The first-order valence-electron chi connectivity index (χ1n) is 12.6. The van der Waals surface area contributed by atoms with E-state index in [1.54, 1.807) is 60.7 Å². The first-order chi connectivity index (χ1) is 19.5. The molecule has 4 aromatic rings. The summed E-state index contributed by atoms with van der Waals surface area (Å²) in [5.74, 6) is -1.86. The fourth-order valence-electron chi connectivity index (χ4n) is 4.11. The van der Waals surface area contributed by atoms with Gasteiger partial charge in [0.1, 0.15) is 11.5 Å². The second-order valence-electron chi connectivity index (χ2n) is 9.65. The Morgan fingerprint density at radius 3 is 1.90 bits per heavy atom. The number of hydrogen-bond donors (Lipinski definition) is 4. The molecule has 1 atom stereocenters. The molecular weight excluding hydrogens is 544 g/mol. The Balaban J connectivity index is 1.57. The molecule has 0 saturated heterocycles. The first-order valence-corrected chi connectivity index (χ1v) is 13.8. The molecule has 0 aromatic heterocycles. The number of nitrogen functional groups attached to an aromatic ring is 1. The summed E-state index contributed by atoms with van der Waals surface area (Å²) in [5, 5.41) is 22.0. The van der Waals surface area contributed by atoms with Gasteiger partial charge in [-0.15, -0.1) is 0 Å². The molecule has 1 amide bonds. The van der Waals surface area contributed by atoms with Crippen LogP contribution in [0.1, 0.15) is 50.5 Å². The van der Waals surface area contributed by atoms with Crippen LogP contribution < -0.4 is 15.8 Å². The standard InChI is InChI=1S/C31H28N2O7S/c1-18(2)15-19-3-12-24(16-27(19)31(37)38)41(39)25-13-14-26(30(35)36)28(17-25)29(34)33-21-6-10-23(11-7-21)40-22-8-4-20(32)5-9-22/h3-14,16-18H,15,32H2,1-2H3,(H,33,34)(H,35,36)(H,37,38). The highest BCUT2D eigenvalue weighted by atomic mass is 32.2. The van der Waals surface area contributed by atoms with Crippen molar-refractivity contribution in [2.75, 3.05) is 11.1 Å². The van der Waals surface area contributed by atoms with Gasteiger partial charge in [-0.05, 0) is 84.6 Å². The van der Waals surface area contributed by atoms with E-state index in [0.717, 1.165) is 0 Å². The average molecular weight is 573 g/mol. The molecule has 0 fully saturated rings. The molecule has 41 heavy (non-hydrogen) atoms. The van der Waals surface area contributed by atoms with E-state index in [4.69, 9.17) is 10.5 Å². The lowest BCUT2D eigenvalue weighted by atomic mass is 9.98. The van der Waals surface area contributed by atoms with E-state index in [9.17, 15) is 29.1 Å². The summed E-state index contributed by atoms with van der Waals surface area (Å²) in [5.41, 5.74) is 6.88. The van der Waals surface area contributed by atoms with Crippen molar-refractivity contribution in [2.45, 2.75) is 30.1 Å². The highest BCUT2D eigenvalue weighted by molar-refractivity contribution is 7.91. The van der Waals surface area contributed by atoms with Crippen molar-refractivity contribution < 1.29 is 33.9 Å². The maximum Gasteiger partial charge on any atom is 0.336 e. The Hall–Kier alpha value is -4.80. The maximum atomic E-state index is 13.4. The van der Waals surface area contributed by atoms with Gasteiger partial charge >= 0.3 is 11.9 Å². The van der Waals surface area contributed by atoms with Crippen LogP contribution in [-0.2, 0) is 17.6 Å². The Kier molecular flexibility index (Phi) is 8.96. The third-order valence-corrected chi connectivity index (χ3v) is 7.43. The summed E-state index contributed by atoms with van der Waals surface area (Å²) < 4.78 is 19.1. The number of carbonyl (C=O) groups excluding carboxylic acids is 1. The number of hydrogen-bond acceptors (Lipinski definition) is 6. The van der Waals surface area contributed by atoms with Crippen molar-refractivity contribution >= 4 is 40.4 Å². The highest BCUT2D eigenvalue weighted by Gasteiger charge is 2.24. The molecule has 0 spiro atoms. The lowest BCUT2D eigenvalue weighted by Crippen LogP contribution is -2.17. The van der Waals surface area contributed by atoms with Crippen LogP contribution >= 0.6 is 0 Å². The van der Waals surface area contributed by atoms with E-state index >= 15 is 0 Å². The summed E-state index contributed by atoms with van der Waals surface area (Å²) >= 11 is -1.87. The van der Waals surface area contributed by atoms with Gasteiger partial charge < -0.3 is 30.6 Å². The molecule has 210 valence electrons. The van der Waals surface area contributed by atoms with Crippen molar-refractivity contribution in [3.63, 3.8) is 0 Å². The number of nitrogens with one attached hydrogen (secondary N) is 1. The van der Waals surface area contributed by atoms with Gasteiger partial charge in [0, 0.05) is 34.7 Å². The molecule has 0 aliphatic rings. The number of carbonyl (C=O) groups is 3. The number of rotatable bonds is 10. The number of carboxylic acid groups (broad SMARTS) is 2. The lowest BCUT2D eigenvalue weighted by molar-refractivity contribution is 0.0683. The minimum atomic E-state index is -1.87. The number of nitrogens with two attached hydrogens (primary N) is 1. The molecule has 4 aromatic carbocycles. The van der Waals surface area contributed by atoms with Crippen LogP contribution in [0, 0.1) is 5.92 Å². The molecule has 4 rings (SSSR count). The smallest absolute Gasteiger partial charge is 0.336 e. The second kappa shape index (κ2) is 12.6. The summed E-state index contributed by atoms with van der Waals surface area (Å²) in [4.78, 5) is 37.2. The van der Waals surface area contributed by atoms with Crippen molar-refractivity contribution in [3.05, 3.63) is 107 Å². The Bertz CT molecular complexity index is 1590. The molecule has 10 heteroatoms. The van der Waals surface area contributed by atoms with Crippen molar-refractivity contribution in [1.29, 1.82) is 0 Å². The van der Waals surface area contributed by atoms with E-state index in [-0.39, 0.29) is 32.4 Å². The van der Waals surface area contributed by atoms with Gasteiger partial charge in [0.2, 0.25) is 0 Å². The van der Waals surface area contributed by atoms with Crippen LogP contribution in [0.25, 0.3) is 0 Å². The van der Waals surface area contributed by atoms with Gasteiger partial charge in [-0.2, -0.15) is 0 Å². The van der Waals surface area contributed by atoms with Gasteiger partial charge in [-0.25, -0.2) is 9.59 Å². The van der Waals surface area contributed by atoms with E-state index < -0.39 is 29.0 Å². The maximum absolute atomic E-state index is 13.4. The van der Waals surface area contributed by atoms with Crippen LogP contribution in [0.3, 0.4) is 0 Å². The normalized spacial score (nSPS) is 11.6. The van der Waals surface area contributed by atoms with Crippen LogP contribution in [0.15, 0.2) is 94.7 Å².